The van der Waals surface area contributed by atoms with E-state index in [0.717, 1.165) is 40.6 Å². The first-order chi connectivity index (χ1) is 9.58. The molecule has 0 saturated heterocycles. The summed E-state index contributed by atoms with van der Waals surface area (Å²) >= 11 is 5.32. The molecule has 0 bridgehead atoms. The van der Waals surface area contributed by atoms with Crippen molar-refractivity contribution in [1.82, 2.24) is 9.97 Å². The molecule has 4 nitrogen and oxygen atoms in total. The molecule has 0 aliphatic rings. The lowest BCUT2D eigenvalue weighted by Crippen LogP contribution is -2.00. The number of ether oxygens (including phenoxy) is 2. The Morgan fingerprint density at radius 1 is 1.15 bits per heavy atom. The zero-order valence-corrected chi connectivity index (χ0v) is 12.9. The van der Waals surface area contributed by atoms with E-state index in [1.54, 1.807) is 14.2 Å². The fourth-order valence-electron chi connectivity index (χ4n) is 2.01. The van der Waals surface area contributed by atoms with Gasteiger partial charge in [0.15, 0.2) is 0 Å². The van der Waals surface area contributed by atoms with Crippen LogP contribution in [-0.4, -0.2) is 24.2 Å². The molecule has 1 N–H and O–H groups in total. The Morgan fingerprint density at radius 2 is 1.75 bits per heavy atom. The third-order valence-corrected chi connectivity index (χ3v) is 3.63. The van der Waals surface area contributed by atoms with Crippen molar-refractivity contribution in [3.05, 3.63) is 34.1 Å². The van der Waals surface area contributed by atoms with Gasteiger partial charge in [0.1, 0.15) is 22.0 Å². The van der Waals surface area contributed by atoms with E-state index in [4.69, 9.17) is 21.7 Å². The molecule has 0 amide bonds. The Kier molecular flexibility index (Phi) is 4.39. The number of hydrogen-bond acceptors (Lipinski definition) is 4. The van der Waals surface area contributed by atoms with Crippen molar-refractivity contribution in [2.75, 3.05) is 14.2 Å². The minimum absolute atomic E-state index is 0.623. The molecule has 2 rings (SSSR count). The van der Waals surface area contributed by atoms with E-state index in [0.29, 0.717) is 4.64 Å². The number of rotatable bonds is 4. The molecule has 2 aromatic rings. The average molecular weight is 290 g/mol. The standard InChI is InChI=1S/C15H18N2O2S/c1-5-13-9(2)15(20)17-14(16-13)10-6-11(18-3)8-12(7-10)19-4/h6-8H,5H2,1-4H3,(H,16,17,20). The van der Waals surface area contributed by atoms with Crippen LogP contribution in [0.2, 0.25) is 0 Å². The van der Waals surface area contributed by atoms with Gasteiger partial charge >= 0.3 is 0 Å². The monoisotopic (exact) mass is 290 g/mol. The molecule has 0 saturated carbocycles. The van der Waals surface area contributed by atoms with Crippen LogP contribution in [-0.2, 0) is 6.42 Å². The predicted octanol–water partition coefficient (Wildman–Crippen LogP) is 3.69. The highest BCUT2D eigenvalue weighted by Crippen LogP contribution is 2.28. The number of nitrogens with zero attached hydrogens (tertiary/aromatic N) is 1. The smallest absolute Gasteiger partial charge is 0.139 e. The zero-order chi connectivity index (χ0) is 14.7. The number of H-pyrrole nitrogens is 1. The Bertz CT molecular complexity index is 658. The van der Waals surface area contributed by atoms with Crippen molar-refractivity contribution in [3.63, 3.8) is 0 Å². The van der Waals surface area contributed by atoms with Crippen molar-refractivity contribution >= 4 is 12.2 Å². The summed E-state index contributed by atoms with van der Waals surface area (Å²) in [6, 6.07) is 5.64. The van der Waals surface area contributed by atoms with Crippen molar-refractivity contribution in [2.24, 2.45) is 0 Å². The van der Waals surface area contributed by atoms with Crippen LogP contribution < -0.4 is 9.47 Å². The molecule has 1 aromatic heterocycles. The van der Waals surface area contributed by atoms with E-state index in [2.05, 4.69) is 16.9 Å². The van der Waals surface area contributed by atoms with E-state index in [9.17, 15) is 0 Å². The van der Waals surface area contributed by atoms with Gasteiger partial charge in [0.2, 0.25) is 0 Å². The SMILES string of the molecule is CCc1[nH]c(-c2cc(OC)cc(OC)c2)nc(=S)c1C. The summed E-state index contributed by atoms with van der Waals surface area (Å²) in [4.78, 5) is 7.78. The van der Waals surface area contributed by atoms with Crippen LogP contribution in [0.1, 0.15) is 18.2 Å². The lowest BCUT2D eigenvalue weighted by atomic mass is 10.1. The summed E-state index contributed by atoms with van der Waals surface area (Å²) < 4.78 is 11.2. The van der Waals surface area contributed by atoms with E-state index in [1.807, 2.05) is 25.1 Å². The Balaban J connectivity index is 2.61. The van der Waals surface area contributed by atoms with Gasteiger partial charge in [-0.1, -0.05) is 19.1 Å². The number of nitrogens with one attached hydrogen (secondary N) is 1. The number of benzene rings is 1. The van der Waals surface area contributed by atoms with E-state index in [1.165, 1.54) is 0 Å². The van der Waals surface area contributed by atoms with Gasteiger partial charge in [0.25, 0.3) is 0 Å². The first-order valence-electron chi connectivity index (χ1n) is 6.42. The van der Waals surface area contributed by atoms with Gasteiger partial charge in [-0.15, -0.1) is 0 Å². The zero-order valence-electron chi connectivity index (χ0n) is 12.1. The quantitative estimate of drug-likeness (QED) is 0.872. The summed E-state index contributed by atoms with van der Waals surface area (Å²) in [7, 11) is 3.25. The number of aromatic amines is 1. The largest absolute Gasteiger partial charge is 0.497 e. The van der Waals surface area contributed by atoms with Crippen LogP contribution >= 0.6 is 12.2 Å². The molecule has 0 fully saturated rings. The van der Waals surface area contributed by atoms with Crippen LogP contribution in [0.25, 0.3) is 11.4 Å². The number of hydrogen-bond donors (Lipinski definition) is 1. The summed E-state index contributed by atoms with van der Waals surface area (Å²) in [5.41, 5.74) is 3.02. The van der Waals surface area contributed by atoms with Gasteiger partial charge in [-0.05, 0) is 25.5 Å². The third-order valence-electron chi connectivity index (χ3n) is 3.23. The second kappa shape index (κ2) is 6.05. The molecule has 5 heteroatoms. The molecule has 20 heavy (non-hydrogen) atoms. The topological polar surface area (TPSA) is 47.1 Å². The first kappa shape index (κ1) is 14.5. The van der Waals surface area contributed by atoms with E-state index >= 15 is 0 Å². The molecule has 0 spiro atoms. The molecular weight excluding hydrogens is 272 g/mol. The van der Waals surface area contributed by atoms with Gasteiger partial charge in [-0.25, -0.2) is 4.98 Å². The molecule has 106 valence electrons. The highest BCUT2D eigenvalue weighted by atomic mass is 32.1. The van der Waals surface area contributed by atoms with Crippen molar-refractivity contribution in [3.8, 4) is 22.9 Å². The summed E-state index contributed by atoms with van der Waals surface area (Å²) in [5.74, 6) is 2.17. The molecular formula is C15H18N2O2S. The predicted molar refractivity (Wildman–Crippen MR) is 82.1 cm³/mol. The fraction of sp³-hybridized carbons (Fsp3) is 0.333. The summed E-state index contributed by atoms with van der Waals surface area (Å²) in [6.07, 6.45) is 0.881. The molecule has 0 aliphatic carbocycles. The first-order valence-corrected chi connectivity index (χ1v) is 6.83. The van der Waals surface area contributed by atoms with Gasteiger partial charge in [-0.2, -0.15) is 0 Å². The molecule has 0 aliphatic heterocycles. The number of aryl methyl sites for hydroxylation is 1. The van der Waals surface area contributed by atoms with E-state index < -0.39 is 0 Å². The van der Waals surface area contributed by atoms with Gasteiger partial charge < -0.3 is 14.5 Å². The number of aromatic nitrogens is 2. The van der Waals surface area contributed by atoms with E-state index in [-0.39, 0.29) is 0 Å². The summed E-state index contributed by atoms with van der Waals surface area (Å²) in [5, 5.41) is 0. The molecule has 1 aromatic carbocycles. The van der Waals surface area contributed by atoms with Crippen LogP contribution in [0.3, 0.4) is 0 Å². The normalized spacial score (nSPS) is 10.4. The van der Waals surface area contributed by atoms with Gasteiger partial charge in [0.05, 0.1) is 14.2 Å². The van der Waals surface area contributed by atoms with Crippen molar-refractivity contribution < 1.29 is 9.47 Å². The maximum absolute atomic E-state index is 5.32. The van der Waals surface area contributed by atoms with Crippen molar-refractivity contribution in [2.45, 2.75) is 20.3 Å². The van der Waals surface area contributed by atoms with Crippen LogP contribution in [0.5, 0.6) is 11.5 Å². The molecule has 0 radical (unpaired) electrons. The van der Waals surface area contributed by atoms with Crippen molar-refractivity contribution in [1.29, 1.82) is 0 Å². The molecule has 1 heterocycles. The maximum atomic E-state index is 5.32. The number of methoxy groups -OCH3 is 2. The van der Waals surface area contributed by atoms with Crippen LogP contribution in [0, 0.1) is 11.6 Å². The van der Waals surface area contributed by atoms with Gasteiger partial charge in [-0.3, -0.25) is 0 Å². The fourth-order valence-corrected chi connectivity index (χ4v) is 2.23. The van der Waals surface area contributed by atoms with Crippen LogP contribution in [0.15, 0.2) is 18.2 Å². The second-order valence-electron chi connectivity index (χ2n) is 4.45. The van der Waals surface area contributed by atoms with Crippen LogP contribution in [0.4, 0.5) is 0 Å². The Hall–Kier alpha value is -1.88. The minimum Gasteiger partial charge on any atom is -0.497 e. The molecule has 0 atom stereocenters. The highest BCUT2D eigenvalue weighted by Gasteiger charge is 2.09. The Morgan fingerprint density at radius 3 is 2.25 bits per heavy atom. The average Bonchev–Trinajstić information content (AvgIpc) is 2.49. The second-order valence-corrected chi connectivity index (χ2v) is 4.84. The summed E-state index contributed by atoms with van der Waals surface area (Å²) in [6.45, 7) is 4.07. The highest BCUT2D eigenvalue weighted by molar-refractivity contribution is 7.71. The van der Waals surface area contributed by atoms with Gasteiger partial charge in [0, 0.05) is 22.9 Å². The maximum Gasteiger partial charge on any atom is 0.139 e. The minimum atomic E-state index is 0.623. The third kappa shape index (κ3) is 2.82. The lowest BCUT2D eigenvalue weighted by Gasteiger charge is -2.10. The molecule has 0 unspecified atom stereocenters. The Labute approximate surface area is 123 Å². The lowest BCUT2D eigenvalue weighted by molar-refractivity contribution is 0.394.